The van der Waals surface area contributed by atoms with Crippen molar-refractivity contribution in [2.75, 3.05) is 17.2 Å². The summed E-state index contributed by atoms with van der Waals surface area (Å²) in [6.07, 6.45) is 0.774. The van der Waals surface area contributed by atoms with E-state index in [2.05, 4.69) is 0 Å². The number of nitrogens with two attached hydrogens (primary N) is 2. The maximum Gasteiger partial charge on any atom is 0.339 e. The lowest BCUT2D eigenvalue weighted by molar-refractivity contribution is -0.105. The van der Waals surface area contributed by atoms with Gasteiger partial charge in [-0.1, -0.05) is 18.2 Å². The van der Waals surface area contributed by atoms with E-state index >= 15 is 0 Å². The number of carbonyl (C=O) groups excluding carboxylic acids is 1. The first kappa shape index (κ1) is 23.2. The zero-order valence-electron chi connectivity index (χ0n) is 15.7. The fourth-order valence-corrected chi connectivity index (χ4v) is 3.95. The van der Waals surface area contributed by atoms with E-state index in [1.807, 2.05) is 0 Å². The standard InChI is InChI=1S/C12H9F2NO2S.C8H9NO2S/c1-5-2-3-6(10(14)9(5)13)7-4-18-11(15)8(7)12(16)17;9-6-2-1-3-7(11)8(6)12-5-4-10/h2-4H,15H2,1H3,(H,16,17);1-4,11H,5,9H2. The predicted molar refractivity (Wildman–Crippen MR) is 115 cm³/mol. The molecule has 0 aliphatic rings. The molecule has 3 rings (SSSR count). The van der Waals surface area contributed by atoms with E-state index in [1.165, 1.54) is 36.2 Å². The van der Waals surface area contributed by atoms with Gasteiger partial charge < -0.3 is 26.5 Å². The van der Waals surface area contributed by atoms with E-state index in [0.29, 0.717) is 16.3 Å². The van der Waals surface area contributed by atoms with Gasteiger partial charge in [-0.2, -0.15) is 0 Å². The van der Waals surface area contributed by atoms with Crippen LogP contribution in [0.1, 0.15) is 15.9 Å². The Bertz CT molecular complexity index is 1070. The van der Waals surface area contributed by atoms with Crippen LogP contribution in [0.15, 0.2) is 40.6 Å². The van der Waals surface area contributed by atoms with E-state index in [-0.39, 0.29) is 33.0 Å². The number of hydrogen-bond donors (Lipinski definition) is 4. The number of benzene rings is 2. The number of carboxylic acids is 1. The van der Waals surface area contributed by atoms with Crippen molar-refractivity contribution < 1.29 is 28.6 Å². The van der Waals surface area contributed by atoms with Gasteiger partial charge in [0.1, 0.15) is 22.6 Å². The summed E-state index contributed by atoms with van der Waals surface area (Å²) in [4.78, 5) is 21.7. The molecular weight excluding hydrogens is 434 g/mol. The van der Waals surface area contributed by atoms with Crippen molar-refractivity contribution in [3.8, 4) is 16.9 Å². The molecule has 6 N–H and O–H groups in total. The zero-order chi connectivity index (χ0) is 22.4. The highest BCUT2D eigenvalue weighted by molar-refractivity contribution is 8.00. The summed E-state index contributed by atoms with van der Waals surface area (Å²) in [7, 11) is 0. The quantitative estimate of drug-likeness (QED) is 0.254. The monoisotopic (exact) mass is 452 g/mol. The van der Waals surface area contributed by atoms with E-state index in [4.69, 9.17) is 16.6 Å². The SMILES string of the molecule is Cc1ccc(-c2csc(N)c2C(=O)O)c(F)c1F.Nc1cccc(O)c1SCC=O. The lowest BCUT2D eigenvalue weighted by Crippen LogP contribution is -2.02. The second-order valence-electron chi connectivity index (χ2n) is 5.92. The van der Waals surface area contributed by atoms with E-state index in [1.54, 1.807) is 18.2 Å². The maximum absolute atomic E-state index is 13.8. The van der Waals surface area contributed by atoms with Crippen LogP contribution in [-0.4, -0.2) is 28.2 Å². The summed E-state index contributed by atoms with van der Waals surface area (Å²) in [5.41, 5.74) is 11.6. The summed E-state index contributed by atoms with van der Waals surface area (Å²) in [5, 5.41) is 19.8. The molecule has 0 saturated heterocycles. The number of phenols is 1. The molecule has 0 bridgehead atoms. The Morgan fingerprint density at radius 3 is 2.47 bits per heavy atom. The zero-order valence-corrected chi connectivity index (χ0v) is 17.3. The summed E-state index contributed by atoms with van der Waals surface area (Å²) >= 11 is 2.21. The maximum atomic E-state index is 13.8. The molecule has 0 fully saturated rings. The number of carboxylic acid groups (broad SMARTS) is 1. The van der Waals surface area contributed by atoms with Crippen LogP contribution < -0.4 is 11.5 Å². The van der Waals surface area contributed by atoms with E-state index < -0.39 is 17.6 Å². The Kier molecular flexibility index (Phi) is 7.79. The molecule has 0 unspecified atom stereocenters. The molecule has 1 heterocycles. The third kappa shape index (κ3) is 5.08. The van der Waals surface area contributed by atoms with Crippen molar-refractivity contribution in [2.45, 2.75) is 11.8 Å². The molecule has 3 aromatic rings. The molecule has 0 aliphatic carbocycles. The van der Waals surface area contributed by atoms with Gasteiger partial charge >= 0.3 is 5.97 Å². The summed E-state index contributed by atoms with van der Waals surface area (Å²) < 4.78 is 27.3. The number of carbonyl (C=O) groups is 2. The van der Waals surface area contributed by atoms with Crippen LogP contribution in [-0.2, 0) is 4.79 Å². The molecule has 30 heavy (non-hydrogen) atoms. The molecule has 0 spiro atoms. The average molecular weight is 453 g/mol. The lowest BCUT2D eigenvalue weighted by atomic mass is 10.0. The fourth-order valence-electron chi connectivity index (χ4n) is 2.46. The van der Waals surface area contributed by atoms with Crippen LogP contribution >= 0.6 is 23.1 Å². The van der Waals surface area contributed by atoms with Gasteiger partial charge in [-0.05, 0) is 24.6 Å². The number of nitrogen functional groups attached to an aromatic ring is 2. The molecule has 0 atom stereocenters. The van der Waals surface area contributed by atoms with Gasteiger partial charge in [0.2, 0.25) is 0 Å². The highest BCUT2D eigenvalue weighted by atomic mass is 32.2. The van der Waals surface area contributed by atoms with Gasteiger partial charge in [0, 0.05) is 22.2 Å². The Hall–Kier alpha value is -3.11. The minimum absolute atomic E-state index is 0.0675. The highest BCUT2D eigenvalue weighted by Crippen LogP contribution is 2.36. The van der Waals surface area contributed by atoms with Crippen molar-refractivity contribution in [2.24, 2.45) is 0 Å². The number of rotatable bonds is 5. The molecule has 0 amide bonds. The first-order valence-electron chi connectivity index (χ1n) is 8.38. The second-order valence-corrected chi connectivity index (χ2v) is 7.87. The molecule has 158 valence electrons. The van der Waals surface area contributed by atoms with Crippen LogP contribution in [0.3, 0.4) is 0 Å². The van der Waals surface area contributed by atoms with E-state index in [9.17, 15) is 23.5 Å². The average Bonchev–Trinajstić information content (AvgIpc) is 3.08. The molecule has 6 nitrogen and oxygen atoms in total. The molecule has 1 aromatic heterocycles. The number of thiophene rings is 1. The number of thioether (sulfide) groups is 1. The van der Waals surface area contributed by atoms with Gasteiger partial charge in [-0.15, -0.1) is 23.1 Å². The van der Waals surface area contributed by atoms with Gasteiger partial charge in [0.25, 0.3) is 0 Å². The van der Waals surface area contributed by atoms with E-state index in [0.717, 1.165) is 17.6 Å². The number of phenolic OH excluding ortho intramolecular Hbond substituents is 1. The minimum Gasteiger partial charge on any atom is -0.507 e. The number of hydrogen-bond acceptors (Lipinski definition) is 7. The third-order valence-corrected chi connectivity index (χ3v) is 5.77. The molecule has 2 aromatic carbocycles. The Morgan fingerprint density at radius 1 is 1.17 bits per heavy atom. The molecule has 0 saturated carbocycles. The van der Waals surface area contributed by atoms with Gasteiger partial charge in [-0.25, -0.2) is 13.6 Å². The fraction of sp³-hybridized carbons (Fsp3) is 0.100. The van der Waals surface area contributed by atoms with Crippen molar-refractivity contribution in [1.82, 2.24) is 0 Å². The first-order valence-corrected chi connectivity index (χ1v) is 10.2. The van der Waals surface area contributed by atoms with Crippen LogP contribution in [0.2, 0.25) is 0 Å². The van der Waals surface area contributed by atoms with Gasteiger partial charge in [0.15, 0.2) is 11.6 Å². The van der Waals surface area contributed by atoms with Crippen LogP contribution in [0.5, 0.6) is 5.75 Å². The third-order valence-electron chi connectivity index (χ3n) is 3.92. The van der Waals surface area contributed by atoms with Gasteiger partial charge in [-0.3, -0.25) is 0 Å². The second kappa shape index (κ2) is 10.1. The number of aldehydes is 1. The molecule has 0 aliphatic heterocycles. The Labute approximate surface area is 179 Å². The number of aromatic hydroxyl groups is 1. The largest absolute Gasteiger partial charge is 0.507 e. The number of anilines is 2. The Morgan fingerprint density at radius 2 is 1.87 bits per heavy atom. The highest BCUT2D eigenvalue weighted by Gasteiger charge is 2.22. The smallest absolute Gasteiger partial charge is 0.339 e. The predicted octanol–water partition coefficient (Wildman–Crippen LogP) is 4.55. The van der Waals surface area contributed by atoms with Crippen molar-refractivity contribution >= 4 is 46.0 Å². The van der Waals surface area contributed by atoms with Crippen molar-refractivity contribution in [3.05, 3.63) is 58.5 Å². The Balaban J connectivity index is 0.000000232. The van der Waals surface area contributed by atoms with Gasteiger partial charge in [0.05, 0.1) is 10.6 Å². The van der Waals surface area contributed by atoms with Crippen LogP contribution in [0, 0.1) is 18.6 Å². The number of aromatic carboxylic acids is 1. The topological polar surface area (TPSA) is 127 Å². The summed E-state index contributed by atoms with van der Waals surface area (Å²) in [5.74, 6) is -2.86. The molecule has 10 heteroatoms. The van der Waals surface area contributed by atoms with Crippen molar-refractivity contribution in [3.63, 3.8) is 0 Å². The normalized spacial score (nSPS) is 10.2. The summed E-state index contributed by atoms with van der Waals surface area (Å²) in [6.45, 7) is 1.43. The minimum atomic E-state index is -1.26. The number of aryl methyl sites for hydroxylation is 1. The first-order chi connectivity index (χ1) is 14.2. The lowest BCUT2D eigenvalue weighted by Gasteiger charge is -2.06. The van der Waals surface area contributed by atoms with Crippen molar-refractivity contribution in [1.29, 1.82) is 0 Å². The molecular formula is C20H18F2N2O4S2. The van der Waals surface area contributed by atoms with Crippen LogP contribution in [0.4, 0.5) is 19.5 Å². The number of halogens is 2. The van der Waals surface area contributed by atoms with Crippen LogP contribution in [0.25, 0.3) is 11.1 Å². The summed E-state index contributed by atoms with van der Waals surface area (Å²) in [6, 6.07) is 7.64. The molecule has 0 radical (unpaired) electrons.